The van der Waals surface area contributed by atoms with Gasteiger partial charge in [-0.25, -0.2) is 0 Å². The molecule has 0 aromatic carbocycles. The van der Waals surface area contributed by atoms with Crippen molar-refractivity contribution < 1.29 is 0 Å². The first-order valence-corrected chi connectivity index (χ1v) is 12.9. The summed E-state index contributed by atoms with van der Waals surface area (Å²) in [6.07, 6.45) is 10.2. The van der Waals surface area contributed by atoms with Gasteiger partial charge in [-0.2, -0.15) is 0 Å². The second-order valence-corrected chi connectivity index (χ2v) is 15.7. The Labute approximate surface area is 109 Å². The van der Waals surface area contributed by atoms with E-state index in [1.807, 2.05) is 0 Å². The van der Waals surface area contributed by atoms with Crippen LogP contribution in [0.15, 0.2) is 47.9 Å². The molecule has 1 rings (SSSR count). The van der Waals surface area contributed by atoms with Crippen LogP contribution in [0, 0.1) is 0 Å². The Hall–Kier alpha value is -0.606. The van der Waals surface area contributed by atoms with E-state index in [2.05, 4.69) is 63.6 Å². The molecule has 0 nitrogen and oxygen atoms in total. The number of hydrogen-bond donors (Lipinski definition) is 0. The van der Waals surface area contributed by atoms with E-state index >= 15 is 0 Å². The van der Waals surface area contributed by atoms with Crippen LogP contribution >= 0.6 is 0 Å². The molecular formula is C15H26Si2. The van der Waals surface area contributed by atoms with Gasteiger partial charge < -0.3 is 0 Å². The van der Waals surface area contributed by atoms with Crippen molar-refractivity contribution in [3.05, 3.63) is 47.9 Å². The van der Waals surface area contributed by atoms with Crippen molar-refractivity contribution in [1.82, 2.24) is 0 Å². The van der Waals surface area contributed by atoms with Gasteiger partial charge in [0.05, 0.1) is 16.1 Å². The van der Waals surface area contributed by atoms with Crippen molar-refractivity contribution in [3.63, 3.8) is 0 Å². The van der Waals surface area contributed by atoms with Crippen molar-refractivity contribution in [2.45, 2.75) is 44.7 Å². The Morgan fingerprint density at radius 1 is 1.06 bits per heavy atom. The summed E-state index contributed by atoms with van der Waals surface area (Å²) < 4.78 is 0. The van der Waals surface area contributed by atoms with Gasteiger partial charge in [-0.05, 0) is 18.5 Å². The second-order valence-electron chi connectivity index (χ2n) is 6.25. The summed E-state index contributed by atoms with van der Waals surface area (Å²) >= 11 is 0. The Morgan fingerprint density at radius 3 is 2.12 bits per heavy atom. The molecule has 0 unspecified atom stereocenters. The molecule has 0 N–H and O–H groups in total. The molecule has 0 saturated heterocycles. The van der Waals surface area contributed by atoms with Crippen molar-refractivity contribution in [1.29, 1.82) is 0 Å². The summed E-state index contributed by atoms with van der Waals surface area (Å²) in [7, 11) is -2.57. The summed E-state index contributed by atoms with van der Waals surface area (Å²) in [5.74, 6) is 0. The standard InChI is InChI=1S/C15H26Si2/c1-7-12-16(3,4)14-10-9-11-15(14)17(5,6)13-8-2/h7-10H,1-2,11-13H2,3-6H3. The fourth-order valence-corrected chi connectivity index (χ4v) is 9.65. The van der Waals surface area contributed by atoms with Gasteiger partial charge in [0, 0.05) is 0 Å². The number of hydrogen-bond acceptors (Lipinski definition) is 0. The molecule has 0 aliphatic heterocycles. The topological polar surface area (TPSA) is 0 Å². The Morgan fingerprint density at radius 2 is 1.59 bits per heavy atom. The second kappa shape index (κ2) is 5.36. The summed E-state index contributed by atoms with van der Waals surface area (Å²) in [5.41, 5.74) is 0. The van der Waals surface area contributed by atoms with Crippen LogP contribution in [-0.2, 0) is 0 Å². The molecule has 0 atom stereocenters. The largest absolute Gasteiger partial charge is 0.103 e. The molecule has 17 heavy (non-hydrogen) atoms. The summed E-state index contributed by atoms with van der Waals surface area (Å²) in [5, 5.41) is 3.48. The Bertz CT molecular complexity index is 370. The Kier molecular flexibility index (Phi) is 4.56. The quantitative estimate of drug-likeness (QED) is 0.461. The Balaban J connectivity index is 3.12. The van der Waals surface area contributed by atoms with E-state index in [-0.39, 0.29) is 0 Å². The maximum absolute atomic E-state index is 3.93. The smallest absolute Gasteiger partial charge is 0.0837 e. The molecule has 0 heterocycles. The van der Waals surface area contributed by atoms with Gasteiger partial charge in [0.2, 0.25) is 0 Å². The van der Waals surface area contributed by atoms with Gasteiger partial charge in [-0.15, -0.1) is 13.2 Å². The van der Waals surface area contributed by atoms with E-state index in [0.717, 1.165) is 0 Å². The number of rotatable bonds is 6. The minimum absolute atomic E-state index is 1.19. The highest BCUT2D eigenvalue weighted by Crippen LogP contribution is 2.36. The highest BCUT2D eigenvalue weighted by molar-refractivity contribution is 6.91. The van der Waals surface area contributed by atoms with Gasteiger partial charge in [-0.3, -0.25) is 0 Å². The predicted octanol–water partition coefficient (Wildman–Crippen LogP) is 5.11. The number of allylic oxidation sites excluding steroid dienone is 6. The van der Waals surface area contributed by atoms with Crippen LogP contribution in [0.2, 0.25) is 38.3 Å². The SMILES string of the molecule is C=CC[Si](C)(C)C1=C([Si](C)(C)CC=C)CC=C1. The first-order chi connectivity index (χ1) is 7.85. The third-order valence-electron chi connectivity index (χ3n) is 3.79. The van der Waals surface area contributed by atoms with Crippen molar-refractivity contribution in [2.75, 3.05) is 0 Å². The van der Waals surface area contributed by atoms with E-state index in [0.29, 0.717) is 0 Å². The maximum atomic E-state index is 3.93. The zero-order valence-electron chi connectivity index (χ0n) is 11.8. The highest BCUT2D eigenvalue weighted by Gasteiger charge is 2.34. The van der Waals surface area contributed by atoms with E-state index in [1.165, 1.54) is 18.5 Å². The fraction of sp³-hybridized carbons (Fsp3) is 0.467. The predicted molar refractivity (Wildman–Crippen MR) is 85.8 cm³/mol. The highest BCUT2D eigenvalue weighted by atomic mass is 28.3. The molecule has 0 radical (unpaired) electrons. The molecule has 0 aromatic heterocycles. The minimum atomic E-state index is -1.30. The first kappa shape index (κ1) is 14.5. The molecule has 0 saturated carbocycles. The maximum Gasteiger partial charge on any atom is 0.0837 e. The molecule has 94 valence electrons. The molecule has 1 aliphatic carbocycles. The van der Waals surface area contributed by atoms with Crippen molar-refractivity contribution in [2.24, 2.45) is 0 Å². The van der Waals surface area contributed by atoms with E-state index in [4.69, 9.17) is 0 Å². The van der Waals surface area contributed by atoms with Crippen LogP contribution in [-0.4, -0.2) is 16.1 Å². The molecule has 0 amide bonds. The van der Waals surface area contributed by atoms with Crippen LogP contribution in [0.3, 0.4) is 0 Å². The average Bonchev–Trinajstić information content (AvgIpc) is 2.66. The van der Waals surface area contributed by atoms with E-state index in [1.54, 1.807) is 10.4 Å². The molecular weight excluding hydrogens is 236 g/mol. The molecule has 0 spiro atoms. The lowest BCUT2D eigenvalue weighted by atomic mass is 10.5. The fourth-order valence-electron chi connectivity index (χ4n) is 2.73. The third-order valence-corrected chi connectivity index (χ3v) is 10.7. The molecule has 2 heteroatoms. The lowest BCUT2D eigenvalue weighted by Gasteiger charge is -2.30. The van der Waals surface area contributed by atoms with Crippen LogP contribution in [0.5, 0.6) is 0 Å². The molecule has 0 fully saturated rings. The van der Waals surface area contributed by atoms with Crippen molar-refractivity contribution in [3.8, 4) is 0 Å². The molecule has 1 aliphatic rings. The lowest BCUT2D eigenvalue weighted by Crippen LogP contribution is -2.35. The van der Waals surface area contributed by atoms with Gasteiger partial charge >= 0.3 is 0 Å². The zero-order valence-corrected chi connectivity index (χ0v) is 13.8. The minimum Gasteiger partial charge on any atom is -0.103 e. The van der Waals surface area contributed by atoms with Crippen LogP contribution in [0.25, 0.3) is 0 Å². The zero-order chi connectivity index (χ0) is 13.1. The van der Waals surface area contributed by atoms with Crippen LogP contribution < -0.4 is 0 Å². The summed E-state index contributed by atoms with van der Waals surface area (Å²) in [6, 6.07) is 2.39. The normalized spacial score (nSPS) is 16.5. The van der Waals surface area contributed by atoms with E-state index in [9.17, 15) is 0 Å². The van der Waals surface area contributed by atoms with E-state index < -0.39 is 16.1 Å². The van der Waals surface area contributed by atoms with Gasteiger partial charge in [0.25, 0.3) is 0 Å². The van der Waals surface area contributed by atoms with Crippen molar-refractivity contribution >= 4 is 16.1 Å². The van der Waals surface area contributed by atoms with Gasteiger partial charge in [0.1, 0.15) is 0 Å². The van der Waals surface area contributed by atoms with Crippen LogP contribution in [0.4, 0.5) is 0 Å². The molecule has 0 aromatic rings. The third kappa shape index (κ3) is 3.20. The van der Waals surface area contributed by atoms with Crippen LogP contribution in [0.1, 0.15) is 6.42 Å². The summed E-state index contributed by atoms with van der Waals surface area (Å²) in [4.78, 5) is 0. The molecule has 0 bridgehead atoms. The average molecular weight is 263 g/mol. The lowest BCUT2D eigenvalue weighted by molar-refractivity contribution is 1.31. The monoisotopic (exact) mass is 262 g/mol. The van der Waals surface area contributed by atoms with Gasteiger partial charge in [-0.1, -0.05) is 60.9 Å². The van der Waals surface area contributed by atoms with Gasteiger partial charge in [0.15, 0.2) is 0 Å². The first-order valence-electron chi connectivity index (χ1n) is 6.47. The summed E-state index contributed by atoms with van der Waals surface area (Å²) in [6.45, 7) is 17.8.